The Labute approximate surface area is 128 Å². The van der Waals surface area contributed by atoms with Gasteiger partial charge in [-0.05, 0) is 38.0 Å². The van der Waals surface area contributed by atoms with E-state index in [2.05, 4.69) is 15.9 Å². The zero-order valence-electron chi connectivity index (χ0n) is 11.9. The number of halogens is 1. The summed E-state index contributed by atoms with van der Waals surface area (Å²) in [6.45, 7) is 4.49. The standard InChI is InChI=1S/C15H20BrNO3/c1-3-17(11-15(19)20-4-2)14(18)9-8-12-6-5-7-13(16)10-12/h5-7,10H,3-4,8-9,11H2,1-2H3. The lowest BCUT2D eigenvalue weighted by Crippen LogP contribution is -2.36. The third-order valence-corrected chi connectivity index (χ3v) is 3.37. The maximum atomic E-state index is 12.1. The van der Waals surface area contributed by atoms with Gasteiger partial charge in [-0.2, -0.15) is 0 Å². The van der Waals surface area contributed by atoms with Crippen LogP contribution in [-0.4, -0.2) is 36.5 Å². The molecule has 0 N–H and O–H groups in total. The molecule has 0 fully saturated rings. The van der Waals surface area contributed by atoms with Gasteiger partial charge in [0.15, 0.2) is 0 Å². The second-order valence-corrected chi connectivity index (χ2v) is 5.26. The van der Waals surface area contributed by atoms with Crippen LogP contribution in [0.15, 0.2) is 28.7 Å². The van der Waals surface area contributed by atoms with Gasteiger partial charge in [-0.25, -0.2) is 0 Å². The first-order chi connectivity index (χ1) is 9.56. The van der Waals surface area contributed by atoms with Crippen LogP contribution in [0, 0.1) is 0 Å². The number of rotatable bonds is 7. The second kappa shape index (κ2) is 8.74. The first kappa shape index (κ1) is 16.7. The fraction of sp³-hybridized carbons (Fsp3) is 0.467. The van der Waals surface area contributed by atoms with Gasteiger partial charge in [0, 0.05) is 17.4 Å². The molecule has 0 aliphatic carbocycles. The van der Waals surface area contributed by atoms with E-state index in [1.54, 1.807) is 6.92 Å². The van der Waals surface area contributed by atoms with Crippen LogP contribution in [0.2, 0.25) is 0 Å². The molecule has 1 aromatic carbocycles. The van der Waals surface area contributed by atoms with Gasteiger partial charge in [0.05, 0.1) is 6.61 Å². The van der Waals surface area contributed by atoms with E-state index in [1.807, 2.05) is 31.2 Å². The number of amides is 1. The van der Waals surface area contributed by atoms with E-state index in [0.29, 0.717) is 26.0 Å². The van der Waals surface area contributed by atoms with E-state index in [1.165, 1.54) is 4.90 Å². The Hall–Kier alpha value is -1.36. The number of hydrogen-bond acceptors (Lipinski definition) is 3. The maximum absolute atomic E-state index is 12.1. The molecule has 0 radical (unpaired) electrons. The fourth-order valence-electron chi connectivity index (χ4n) is 1.84. The summed E-state index contributed by atoms with van der Waals surface area (Å²) >= 11 is 3.41. The van der Waals surface area contributed by atoms with E-state index in [9.17, 15) is 9.59 Å². The van der Waals surface area contributed by atoms with Crippen LogP contribution < -0.4 is 0 Å². The van der Waals surface area contributed by atoms with Crippen molar-refractivity contribution in [3.8, 4) is 0 Å². The monoisotopic (exact) mass is 341 g/mol. The van der Waals surface area contributed by atoms with Crippen molar-refractivity contribution >= 4 is 27.8 Å². The summed E-state index contributed by atoms with van der Waals surface area (Å²) in [4.78, 5) is 25.0. The third kappa shape index (κ3) is 5.74. The molecule has 0 unspecified atom stereocenters. The third-order valence-electron chi connectivity index (χ3n) is 2.88. The number of aryl methyl sites for hydroxylation is 1. The van der Waals surface area contributed by atoms with Crippen LogP contribution in [-0.2, 0) is 20.7 Å². The van der Waals surface area contributed by atoms with Crippen LogP contribution in [0.4, 0.5) is 0 Å². The number of likely N-dealkylation sites (N-methyl/N-ethyl adjacent to an activating group) is 1. The van der Waals surface area contributed by atoms with Crippen molar-refractivity contribution in [3.63, 3.8) is 0 Å². The van der Waals surface area contributed by atoms with Gasteiger partial charge in [-0.1, -0.05) is 28.1 Å². The highest BCUT2D eigenvalue weighted by Crippen LogP contribution is 2.13. The number of nitrogens with zero attached hydrogens (tertiary/aromatic N) is 1. The quantitative estimate of drug-likeness (QED) is 0.716. The van der Waals surface area contributed by atoms with Crippen molar-refractivity contribution in [2.75, 3.05) is 19.7 Å². The van der Waals surface area contributed by atoms with Crippen LogP contribution in [0.5, 0.6) is 0 Å². The lowest BCUT2D eigenvalue weighted by atomic mass is 10.1. The number of hydrogen-bond donors (Lipinski definition) is 0. The highest BCUT2D eigenvalue weighted by molar-refractivity contribution is 9.10. The molecule has 20 heavy (non-hydrogen) atoms. The molecule has 0 saturated heterocycles. The van der Waals surface area contributed by atoms with Crippen LogP contribution >= 0.6 is 15.9 Å². The molecule has 4 nitrogen and oxygen atoms in total. The molecule has 0 spiro atoms. The molecular formula is C15H20BrNO3. The van der Waals surface area contributed by atoms with Gasteiger partial charge in [-0.15, -0.1) is 0 Å². The van der Waals surface area contributed by atoms with Crippen molar-refractivity contribution < 1.29 is 14.3 Å². The average Bonchev–Trinajstić information content (AvgIpc) is 2.42. The number of carbonyl (C=O) groups excluding carboxylic acids is 2. The predicted molar refractivity (Wildman–Crippen MR) is 81.4 cm³/mol. The van der Waals surface area contributed by atoms with Crippen LogP contribution in [0.25, 0.3) is 0 Å². The summed E-state index contributed by atoms with van der Waals surface area (Å²) in [6, 6.07) is 7.87. The van der Waals surface area contributed by atoms with Gasteiger partial charge in [0.25, 0.3) is 0 Å². The van der Waals surface area contributed by atoms with E-state index >= 15 is 0 Å². The molecule has 1 aromatic rings. The zero-order valence-corrected chi connectivity index (χ0v) is 13.5. The van der Waals surface area contributed by atoms with Crippen molar-refractivity contribution in [1.29, 1.82) is 0 Å². The SMILES string of the molecule is CCOC(=O)CN(CC)C(=O)CCc1cccc(Br)c1. The van der Waals surface area contributed by atoms with E-state index < -0.39 is 0 Å². The summed E-state index contributed by atoms with van der Waals surface area (Å²) in [7, 11) is 0. The van der Waals surface area contributed by atoms with Gasteiger partial charge in [0.2, 0.25) is 5.91 Å². The number of benzene rings is 1. The molecule has 0 bridgehead atoms. The predicted octanol–water partition coefficient (Wildman–Crippen LogP) is 2.79. The summed E-state index contributed by atoms with van der Waals surface area (Å²) in [5, 5.41) is 0. The molecule has 5 heteroatoms. The Morgan fingerprint density at radius 3 is 2.65 bits per heavy atom. The van der Waals surface area contributed by atoms with Gasteiger partial charge in [0.1, 0.15) is 6.54 Å². The minimum absolute atomic E-state index is 0.0273. The normalized spacial score (nSPS) is 10.2. The highest BCUT2D eigenvalue weighted by Gasteiger charge is 2.15. The lowest BCUT2D eigenvalue weighted by Gasteiger charge is -2.19. The largest absolute Gasteiger partial charge is 0.465 e. The molecule has 0 aliphatic heterocycles. The Bertz CT molecular complexity index is 462. The summed E-state index contributed by atoms with van der Waals surface area (Å²) < 4.78 is 5.87. The molecule has 1 amide bonds. The van der Waals surface area contributed by atoms with Crippen molar-refractivity contribution in [1.82, 2.24) is 4.90 Å². The van der Waals surface area contributed by atoms with Crippen LogP contribution in [0.3, 0.4) is 0 Å². The maximum Gasteiger partial charge on any atom is 0.325 e. The molecule has 0 aromatic heterocycles. The van der Waals surface area contributed by atoms with Gasteiger partial charge in [-0.3, -0.25) is 9.59 Å². The number of esters is 1. The van der Waals surface area contributed by atoms with E-state index in [0.717, 1.165) is 10.0 Å². The molecule has 1 rings (SSSR count). The lowest BCUT2D eigenvalue weighted by molar-refractivity contribution is -0.148. The first-order valence-electron chi connectivity index (χ1n) is 6.74. The summed E-state index contributed by atoms with van der Waals surface area (Å²) in [6.07, 6.45) is 1.06. The molecule has 0 aliphatic rings. The molecule has 0 heterocycles. The Morgan fingerprint density at radius 2 is 2.05 bits per heavy atom. The zero-order chi connectivity index (χ0) is 15.0. The van der Waals surface area contributed by atoms with Crippen molar-refractivity contribution in [3.05, 3.63) is 34.3 Å². The van der Waals surface area contributed by atoms with Crippen molar-refractivity contribution in [2.24, 2.45) is 0 Å². The Morgan fingerprint density at radius 1 is 1.30 bits per heavy atom. The minimum Gasteiger partial charge on any atom is -0.465 e. The molecule has 110 valence electrons. The highest BCUT2D eigenvalue weighted by atomic mass is 79.9. The fourth-order valence-corrected chi connectivity index (χ4v) is 2.29. The van der Waals surface area contributed by atoms with Crippen molar-refractivity contribution in [2.45, 2.75) is 26.7 Å². The molecule has 0 atom stereocenters. The topological polar surface area (TPSA) is 46.6 Å². The second-order valence-electron chi connectivity index (χ2n) is 4.34. The summed E-state index contributed by atoms with van der Waals surface area (Å²) in [5.74, 6) is -0.384. The first-order valence-corrected chi connectivity index (χ1v) is 7.54. The minimum atomic E-state index is -0.356. The number of ether oxygens (including phenoxy) is 1. The van der Waals surface area contributed by atoms with Crippen LogP contribution in [0.1, 0.15) is 25.8 Å². The smallest absolute Gasteiger partial charge is 0.325 e. The Kier molecular flexibility index (Phi) is 7.30. The molecular weight excluding hydrogens is 322 g/mol. The number of carbonyl (C=O) groups is 2. The van der Waals surface area contributed by atoms with Gasteiger partial charge >= 0.3 is 5.97 Å². The van der Waals surface area contributed by atoms with E-state index in [4.69, 9.17) is 4.74 Å². The molecule has 0 saturated carbocycles. The Balaban J connectivity index is 2.49. The average molecular weight is 342 g/mol. The van der Waals surface area contributed by atoms with E-state index in [-0.39, 0.29) is 18.4 Å². The summed E-state index contributed by atoms with van der Waals surface area (Å²) in [5.41, 5.74) is 1.10. The van der Waals surface area contributed by atoms with Gasteiger partial charge < -0.3 is 9.64 Å².